The van der Waals surface area contributed by atoms with Crippen molar-refractivity contribution in [2.45, 2.75) is 12.5 Å². The summed E-state index contributed by atoms with van der Waals surface area (Å²) in [5.74, 6) is -3.49. The van der Waals surface area contributed by atoms with E-state index in [1.807, 2.05) is 0 Å². The number of aliphatic carboxylic acids is 1. The van der Waals surface area contributed by atoms with Gasteiger partial charge in [0.1, 0.15) is 16.2 Å². The molecule has 120 valence electrons. The minimum absolute atomic E-state index is 0.0220. The zero-order chi connectivity index (χ0) is 17.1. The van der Waals surface area contributed by atoms with E-state index < -0.39 is 36.1 Å². The van der Waals surface area contributed by atoms with E-state index in [1.165, 1.54) is 24.3 Å². The fraction of sp³-hybridized carbons (Fsp3) is 0.143. The van der Waals surface area contributed by atoms with Gasteiger partial charge in [0.2, 0.25) is 5.91 Å². The Bertz CT molecular complexity index is 735. The number of hydrogen-bond donors (Lipinski definition) is 2. The Hall–Kier alpha value is -2.26. The van der Waals surface area contributed by atoms with Gasteiger partial charge < -0.3 is 10.8 Å². The number of rotatable bonds is 5. The van der Waals surface area contributed by atoms with Gasteiger partial charge in [-0.1, -0.05) is 42.2 Å². The highest BCUT2D eigenvalue weighted by molar-refractivity contribution is 8.26. The number of primary amides is 1. The highest BCUT2D eigenvalue weighted by Crippen LogP contribution is 2.34. The first kappa shape index (κ1) is 17.1. The van der Waals surface area contributed by atoms with E-state index in [1.54, 1.807) is 6.07 Å². The van der Waals surface area contributed by atoms with Crippen LogP contribution in [0.2, 0.25) is 0 Å². The monoisotopic (exact) mass is 354 g/mol. The predicted octanol–water partition coefficient (Wildman–Crippen LogP) is 1.36. The second kappa shape index (κ2) is 6.88. The lowest BCUT2D eigenvalue weighted by atomic mass is 10.1. The van der Waals surface area contributed by atoms with Gasteiger partial charge in [0.15, 0.2) is 0 Å². The molecule has 0 radical (unpaired) electrons. The highest BCUT2D eigenvalue weighted by atomic mass is 32.2. The van der Waals surface area contributed by atoms with Crippen LogP contribution in [0, 0.1) is 5.82 Å². The number of carboxylic acid groups (broad SMARTS) is 1. The summed E-state index contributed by atoms with van der Waals surface area (Å²) in [5, 5.41) is 9.19. The van der Waals surface area contributed by atoms with Gasteiger partial charge in [0.25, 0.3) is 5.91 Å². The van der Waals surface area contributed by atoms with E-state index in [0.717, 1.165) is 16.7 Å². The lowest BCUT2D eigenvalue weighted by molar-refractivity contribution is -0.146. The van der Waals surface area contributed by atoms with E-state index in [2.05, 4.69) is 0 Å². The number of carboxylic acids is 1. The van der Waals surface area contributed by atoms with Gasteiger partial charge in [0.05, 0.1) is 11.3 Å². The van der Waals surface area contributed by atoms with Crippen LogP contribution in [0.1, 0.15) is 12.0 Å². The maximum absolute atomic E-state index is 13.7. The summed E-state index contributed by atoms with van der Waals surface area (Å²) in [6.45, 7) is 0. The molecule has 0 aromatic heterocycles. The maximum atomic E-state index is 13.7. The van der Waals surface area contributed by atoms with Gasteiger partial charge in [0, 0.05) is 5.56 Å². The van der Waals surface area contributed by atoms with Crippen molar-refractivity contribution >= 4 is 52.2 Å². The molecule has 1 atom stereocenters. The highest BCUT2D eigenvalue weighted by Gasteiger charge is 2.41. The molecule has 2 rings (SSSR count). The van der Waals surface area contributed by atoms with Crippen molar-refractivity contribution in [1.82, 2.24) is 4.90 Å². The average Bonchev–Trinajstić information content (AvgIpc) is 2.73. The lowest BCUT2D eigenvalue weighted by Gasteiger charge is -2.21. The Morgan fingerprint density at radius 1 is 1.43 bits per heavy atom. The fourth-order valence-electron chi connectivity index (χ4n) is 1.96. The number of halogens is 1. The summed E-state index contributed by atoms with van der Waals surface area (Å²) in [6.07, 6.45) is 0.729. The first-order chi connectivity index (χ1) is 10.8. The second-order valence-electron chi connectivity index (χ2n) is 4.60. The minimum Gasteiger partial charge on any atom is -0.480 e. The fourth-order valence-corrected chi connectivity index (χ4v) is 3.31. The van der Waals surface area contributed by atoms with Crippen LogP contribution in [-0.2, 0) is 14.4 Å². The number of hydrogen-bond acceptors (Lipinski definition) is 5. The molecule has 1 aliphatic heterocycles. The summed E-state index contributed by atoms with van der Waals surface area (Å²) in [4.78, 5) is 35.6. The van der Waals surface area contributed by atoms with Crippen LogP contribution in [0.25, 0.3) is 6.08 Å². The van der Waals surface area contributed by atoms with Crippen molar-refractivity contribution in [3.05, 3.63) is 40.6 Å². The molecule has 0 spiro atoms. The molecular formula is C14H11FN2O4S2. The number of carbonyl (C=O) groups excluding carboxylic acids is 2. The van der Waals surface area contributed by atoms with E-state index in [0.29, 0.717) is 0 Å². The van der Waals surface area contributed by atoms with Gasteiger partial charge in [-0.3, -0.25) is 14.5 Å². The van der Waals surface area contributed by atoms with Crippen molar-refractivity contribution in [3.8, 4) is 0 Å². The molecule has 1 aromatic rings. The van der Waals surface area contributed by atoms with Crippen molar-refractivity contribution in [2.75, 3.05) is 0 Å². The Morgan fingerprint density at radius 3 is 2.65 bits per heavy atom. The third kappa shape index (κ3) is 3.74. The molecule has 1 aliphatic rings. The number of thiocarbonyl (C=S) groups is 1. The third-order valence-corrected chi connectivity index (χ3v) is 4.34. The lowest BCUT2D eigenvalue weighted by Crippen LogP contribution is -2.46. The molecule has 0 saturated carbocycles. The summed E-state index contributed by atoms with van der Waals surface area (Å²) >= 11 is 5.85. The molecule has 0 aliphatic carbocycles. The molecule has 1 heterocycles. The van der Waals surface area contributed by atoms with E-state index in [9.17, 15) is 23.9 Å². The van der Waals surface area contributed by atoms with Crippen molar-refractivity contribution < 1.29 is 23.9 Å². The number of amides is 2. The number of nitrogens with zero attached hydrogens (tertiary/aromatic N) is 1. The topological polar surface area (TPSA) is 101 Å². The minimum atomic E-state index is -1.48. The molecule has 0 bridgehead atoms. The Labute approximate surface area is 140 Å². The zero-order valence-corrected chi connectivity index (χ0v) is 13.2. The third-order valence-electron chi connectivity index (χ3n) is 3.01. The molecule has 1 fully saturated rings. The number of benzene rings is 1. The molecule has 1 aromatic carbocycles. The zero-order valence-electron chi connectivity index (χ0n) is 11.6. The normalized spacial score (nSPS) is 17.6. The number of carbonyl (C=O) groups is 3. The van der Waals surface area contributed by atoms with Gasteiger partial charge in [-0.05, 0) is 12.1 Å². The first-order valence-corrected chi connectivity index (χ1v) is 7.56. The van der Waals surface area contributed by atoms with Crippen LogP contribution in [-0.4, -0.2) is 38.2 Å². The molecule has 1 unspecified atom stereocenters. The van der Waals surface area contributed by atoms with Crippen LogP contribution >= 0.6 is 24.0 Å². The summed E-state index contributed by atoms with van der Waals surface area (Å²) in [5.41, 5.74) is 5.19. The van der Waals surface area contributed by atoms with Gasteiger partial charge in [-0.15, -0.1) is 0 Å². The SMILES string of the molecule is NC(=O)CC(C(=O)O)N1C(=O)/C(=C/c2ccccc2F)SC1=S. The standard InChI is InChI=1S/C14H11FN2O4S2/c15-8-4-2-1-3-7(8)5-10-12(19)17(14(22)23-10)9(13(20)21)6-11(16)18/h1-5,9H,6H2,(H2,16,18)(H,20,21)/b10-5-. The molecule has 6 nitrogen and oxygen atoms in total. The molecule has 23 heavy (non-hydrogen) atoms. The predicted molar refractivity (Wildman–Crippen MR) is 86.6 cm³/mol. The smallest absolute Gasteiger partial charge is 0.327 e. The quantitative estimate of drug-likeness (QED) is 0.612. The second-order valence-corrected chi connectivity index (χ2v) is 6.27. The van der Waals surface area contributed by atoms with Gasteiger partial charge in [-0.2, -0.15) is 0 Å². The van der Waals surface area contributed by atoms with Gasteiger partial charge >= 0.3 is 5.97 Å². The molecular weight excluding hydrogens is 343 g/mol. The first-order valence-electron chi connectivity index (χ1n) is 6.34. The van der Waals surface area contributed by atoms with E-state index in [4.69, 9.17) is 18.0 Å². The number of nitrogens with two attached hydrogens (primary N) is 1. The summed E-state index contributed by atoms with van der Waals surface area (Å²) in [7, 11) is 0. The molecule has 1 saturated heterocycles. The Kier molecular flexibility index (Phi) is 5.12. The molecule has 2 amide bonds. The van der Waals surface area contributed by atoms with Crippen LogP contribution in [0.3, 0.4) is 0 Å². The van der Waals surface area contributed by atoms with Crippen LogP contribution in [0.5, 0.6) is 0 Å². The Morgan fingerprint density at radius 2 is 2.09 bits per heavy atom. The van der Waals surface area contributed by atoms with E-state index >= 15 is 0 Å². The number of thioether (sulfide) groups is 1. The Balaban J connectivity index is 2.34. The van der Waals surface area contributed by atoms with Crippen molar-refractivity contribution in [3.63, 3.8) is 0 Å². The van der Waals surface area contributed by atoms with Crippen molar-refractivity contribution in [2.24, 2.45) is 5.73 Å². The van der Waals surface area contributed by atoms with Crippen LogP contribution in [0.15, 0.2) is 29.2 Å². The summed E-state index contributed by atoms with van der Waals surface area (Å²) in [6, 6.07) is 4.33. The van der Waals surface area contributed by atoms with Crippen LogP contribution < -0.4 is 5.73 Å². The average molecular weight is 354 g/mol. The molecule has 3 N–H and O–H groups in total. The summed E-state index contributed by atoms with van der Waals surface area (Å²) < 4.78 is 13.6. The van der Waals surface area contributed by atoms with Crippen molar-refractivity contribution in [1.29, 1.82) is 0 Å². The van der Waals surface area contributed by atoms with Gasteiger partial charge in [-0.25, -0.2) is 9.18 Å². The molecule has 9 heteroatoms. The maximum Gasteiger partial charge on any atom is 0.327 e. The largest absolute Gasteiger partial charge is 0.480 e. The van der Waals surface area contributed by atoms with Crippen LogP contribution in [0.4, 0.5) is 4.39 Å². The van der Waals surface area contributed by atoms with E-state index in [-0.39, 0.29) is 14.8 Å².